The van der Waals surface area contributed by atoms with Crippen LogP contribution in [0.1, 0.15) is 39.2 Å². The second-order valence-electron chi connectivity index (χ2n) is 5.34. The second kappa shape index (κ2) is 6.02. The van der Waals surface area contributed by atoms with E-state index in [9.17, 15) is 0 Å². The zero-order valence-corrected chi connectivity index (χ0v) is 10.4. The molecule has 0 saturated heterocycles. The van der Waals surface area contributed by atoms with Gasteiger partial charge in [-0.05, 0) is 30.2 Å². The lowest BCUT2D eigenvalue weighted by atomic mass is 9.86. The molecule has 90 valence electrons. The minimum atomic E-state index is -0.0868. The summed E-state index contributed by atoms with van der Waals surface area (Å²) >= 11 is 0. The lowest BCUT2D eigenvalue weighted by Gasteiger charge is -2.27. The van der Waals surface area contributed by atoms with Crippen LogP contribution in [-0.2, 0) is 11.3 Å². The third kappa shape index (κ3) is 4.33. The molecule has 0 saturated carbocycles. The maximum Gasteiger partial charge on any atom is 0.0975 e. The summed E-state index contributed by atoms with van der Waals surface area (Å²) < 4.78 is 0. The average Bonchev–Trinajstić information content (AvgIpc) is 2.24. The second-order valence-corrected chi connectivity index (χ2v) is 5.34. The van der Waals surface area contributed by atoms with E-state index in [0.29, 0.717) is 0 Å². The van der Waals surface area contributed by atoms with Gasteiger partial charge in [0.05, 0.1) is 6.10 Å². The van der Waals surface area contributed by atoms with E-state index in [-0.39, 0.29) is 11.5 Å². The van der Waals surface area contributed by atoms with Crippen LogP contribution in [0.3, 0.4) is 0 Å². The smallest absolute Gasteiger partial charge is 0.0975 e. The Morgan fingerprint density at radius 2 is 1.81 bits per heavy atom. The molecule has 0 bridgehead atoms. The van der Waals surface area contributed by atoms with E-state index in [1.165, 1.54) is 5.56 Å². The van der Waals surface area contributed by atoms with Gasteiger partial charge in [-0.25, -0.2) is 4.89 Å². The van der Waals surface area contributed by atoms with Crippen LogP contribution in [0.15, 0.2) is 30.3 Å². The zero-order chi connectivity index (χ0) is 12.0. The monoisotopic (exact) mass is 222 g/mol. The maximum absolute atomic E-state index is 8.86. The van der Waals surface area contributed by atoms with Gasteiger partial charge in [0.25, 0.3) is 0 Å². The molecule has 1 atom stereocenters. The summed E-state index contributed by atoms with van der Waals surface area (Å²) in [5.41, 5.74) is 1.33. The molecule has 0 amide bonds. The van der Waals surface area contributed by atoms with Gasteiger partial charge in [-0.2, -0.15) is 0 Å². The number of hydrogen-bond donors (Lipinski definition) is 1. The van der Waals surface area contributed by atoms with Crippen LogP contribution in [0.5, 0.6) is 0 Å². The van der Waals surface area contributed by atoms with Crippen LogP contribution in [0.4, 0.5) is 0 Å². The highest BCUT2D eigenvalue weighted by atomic mass is 17.1. The highest BCUT2D eigenvalue weighted by Crippen LogP contribution is 2.25. The minimum Gasteiger partial charge on any atom is -0.252 e. The Balaban J connectivity index is 2.35. The topological polar surface area (TPSA) is 29.5 Å². The van der Waals surface area contributed by atoms with Gasteiger partial charge in [-0.15, -0.1) is 0 Å². The van der Waals surface area contributed by atoms with E-state index in [0.717, 1.165) is 19.3 Å². The van der Waals surface area contributed by atoms with Crippen LogP contribution in [-0.4, -0.2) is 11.4 Å². The first-order chi connectivity index (χ1) is 7.54. The van der Waals surface area contributed by atoms with Crippen molar-refractivity contribution in [1.82, 2.24) is 0 Å². The average molecular weight is 222 g/mol. The normalized spacial score (nSPS) is 13.8. The summed E-state index contributed by atoms with van der Waals surface area (Å²) in [5, 5.41) is 8.86. The molecule has 0 aliphatic carbocycles. The maximum atomic E-state index is 8.86. The van der Waals surface area contributed by atoms with Gasteiger partial charge in [0.15, 0.2) is 0 Å². The Morgan fingerprint density at radius 1 is 1.19 bits per heavy atom. The summed E-state index contributed by atoms with van der Waals surface area (Å²) in [4.78, 5) is 4.55. The predicted molar refractivity (Wildman–Crippen MR) is 66.3 cm³/mol. The molecule has 1 aromatic rings. The van der Waals surface area contributed by atoms with Gasteiger partial charge in [0, 0.05) is 0 Å². The van der Waals surface area contributed by atoms with Crippen molar-refractivity contribution in [2.24, 2.45) is 5.41 Å². The number of hydrogen-bond acceptors (Lipinski definition) is 2. The largest absolute Gasteiger partial charge is 0.252 e. The van der Waals surface area contributed by atoms with Gasteiger partial charge in [0.1, 0.15) is 0 Å². The summed E-state index contributed by atoms with van der Waals surface area (Å²) in [5.74, 6) is 0. The first kappa shape index (κ1) is 13.2. The van der Waals surface area contributed by atoms with Crippen molar-refractivity contribution in [2.45, 2.75) is 46.1 Å². The summed E-state index contributed by atoms with van der Waals surface area (Å²) in [6.07, 6.45) is 2.87. The van der Waals surface area contributed by atoms with Crippen molar-refractivity contribution in [1.29, 1.82) is 0 Å². The number of benzene rings is 1. The van der Waals surface area contributed by atoms with Crippen molar-refractivity contribution >= 4 is 0 Å². The molecule has 0 spiro atoms. The van der Waals surface area contributed by atoms with E-state index in [4.69, 9.17) is 5.26 Å². The van der Waals surface area contributed by atoms with Crippen molar-refractivity contribution in [3.8, 4) is 0 Å². The first-order valence-electron chi connectivity index (χ1n) is 5.88. The third-order valence-electron chi connectivity index (χ3n) is 2.87. The van der Waals surface area contributed by atoms with Crippen molar-refractivity contribution in [3.05, 3.63) is 35.9 Å². The molecular formula is C14H22O2. The van der Waals surface area contributed by atoms with Gasteiger partial charge >= 0.3 is 0 Å². The predicted octanol–water partition coefficient (Wildman–Crippen LogP) is 3.91. The van der Waals surface area contributed by atoms with Crippen LogP contribution < -0.4 is 0 Å². The molecule has 0 fully saturated rings. The van der Waals surface area contributed by atoms with Gasteiger partial charge in [-0.3, -0.25) is 5.26 Å². The van der Waals surface area contributed by atoms with Crippen LogP contribution in [0.2, 0.25) is 0 Å². The lowest BCUT2D eigenvalue weighted by molar-refractivity contribution is -0.300. The van der Waals surface area contributed by atoms with E-state index in [2.05, 4.69) is 49.9 Å². The Bertz CT molecular complexity index is 287. The van der Waals surface area contributed by atoms with Crippen LogP contribution >= 0.6 is 0 Å². The number of aryl methyl sites for hydroxylation is 1. The third-order valence-corrected chi connectivity index (χ3v) is 2.87. The molecule has 0 heterocycles. The minimum absolute atomic E-state index is 0.00849. The highest BCUT2D eigenvalue weighted by molar-refractivity contribution is 5.14. The fourth-order valence-electron chi connectivity index (χ4n) is 1.78. The van der Waals surface area contributed by atoms with E-state index < -0.39 is 0 Å². The van der Waals surface area contributed by atoms with E-state index in [1.807, 2.05) is 6.07 Å². The molecule has 0 aromatic heterocycles. The highest BCUT2D eigenvalue weighted by Gasteiger charge is 2.25. The van der Waals surface area contributed by atoms with Gasteiger partial charge in [0.2, 0.25) is 0 Å². The SMILES string of the molecule is CC(C)(C)C(CCCc1ccccc1)OO. The quantitative estimate of drug-likeness (QED) is 0.604. The first-order valence-corrected chi connectivity index (χ1v) is 5.88. The molecule has 0 aliphatic rings. The molecule has 0 aliphatic heterocycles. The Hall–Kier alpha value is -0.860. The summed E-state index contributed by atoms with van der Waals surface area (Å²) in [7, 11) is 0. The summed E-state index contributed by atoms with van der Waals surface area (Å²) in [6.45, 7) is 6.24. The molecule has 1 aromatic carbocycles. The Kier molecular flexibility index (Phi) is 4.97. The molecule has 2 nitrogen and oxygen atoms in total. The summed E-state index contributed by atoms with van der Waals surface area (Å²) in [6, 6.07) is 10.4. The molecule has 1 unspecified atom stereocenters. The van der Waals surface area contributed by atoms with Crippen LogP contribution in [0, 0.1) is 5.41 Å². The van der Waals surface area contributed by atoms with Crippen molar-refractivity contribution in [3.63, 3.8) is 0 Å². The van der Waals surface area contributed by atoms with E-state index >= 15 is 0 Å². The van der Waals surface area contributed by atoms with Gasteiger partial charge in [-0.1, -0.05) is 51.1 Å². The fourth-order valence-corrected chi connectivity index (χ4v) is 1.78. The Labute approximate surface area is 98.2 Å². The number of rotatable bonds is 5. The fraction of sp³-hybridized carbons (Fsp3) is 0.571. The molecule has 2 heteroatoms. The molecule has 16 heavy (non-hydrogen) atoms. The lowest BCUT2D eigenvalue weighted by Crippen LogP contribution is -2.28. The molecule has 1 rings (SSSR count). The van der Waals surface area contributed by atoms with Crippen molar-refractivity contribution in [2.75, 3.05) is 0 Å². The standard InChI is InChI=1S/C14H22O2/c1-14(2,3)13(16-15)11-7-10-12-8-5-4-6-9-12/h4-6,8-9,13,15H,7,10-11H2,1-3H3. The van der Waals surface area contributed by atoms with E-state index in [1.54, 1.807) is 0 Å². The molecule has 1 N–H and O–H groups in total. The van der Waals surface area contributed by atoms with Crippen LogP contribution in [0.25, 0.3) is 0 Å². The molecular weight excluding hydrogens is 200 g/mol. The Morgan fingerprint density at radius 3 is 2.31 bits per heavy atom. The van der Waals surface area contributed by atoms with Gasteiger partial charge < -0.3 is 0 Å². The van der Waals surface area contributed by atoms with Crippen molar-refractivity contribution < 1.29 is 10.1 Å². The molecule has 0 radical (unpaired) electrons. The zero-order valence-electron chi connectivity index (χ0n) is 10.4.